The number of hydrazine groups is 1. The third-order valence-corrected chi connectivity index (χ3v) is 3.77. The molecule has 2 N–H and O–H groups in total. The predicted molar refractivity (Wildman–Crippen MR) is 87.9 cm³/mol. The minimum absolute atomic E-state index is 0.0677. The van der Waals surface area contributed by atoms with Gasteiger partial charge in [0, 0.05) is 51.9 Å². The van der Waals surface area contributed by atoms with E-state index in [1.165, 1.54) is 12.8 Å². The average Bonchev–Trinajstić information content (AvgIpc) is 2.59. The Balaban J connectivity index is 1.63. The summed E-state index contributed by atoms with van der Waals surface area (Å²) in [7, 11) is 1.43. The third kappa shape index (κ3) is 5.88. The molecule has 7 heteroatoms. The SMILES string of the molecule is COCC(=O)NNC(=O)CCN1CCN(c2ccccc2)CC1. The minimum Gasteiger partial charge on any atom is -0.375 e. The van der Waals surface area contributed by atoms with E-state index in [1.54, 1.807) is 0 Å². The Labute approximate surface area is 136 Å². The molecule has 1 aliphatic rings. The number of rotatable bonds is 6. The summed E-state index contributed by atoms with van der Waals surface area (Å²) >= 11 is 0. The summed E-state index contributed by atoms with van der Waals surface area (Å²) in [6, 6.07) is 10.3. The maximum absolute atomic E-state index is 11.7. The fourth-order valence-electron chi connectivity index (χ4n) is 2.50. The Morgan fingerprint density at radius 2 is 1.70 bits per heavy atom. The number of piperazine rings is 1. The molecule has 2 amide bonds. The lowest BCUT2D eigenvalue weighted by Crippen LogP contribution is -2.48. The second-order valence-corrected chi connectivity index (χ2v) is 5.44. The van der Waals surface area contributed by atoms with Gasteiger partial charge in [0.1, 0.15) is 6.61 Å². The van der Waals surface area contributed by atoms with E-state index in [-0.39, 0.29) is 18.4 Å². The van der Waals surface area contributed by atoms with Crippen molar-refractivity contribution < 1.29 is 14.3 Å². The molecule has 0 aromatic heterocycles. The number of ether oxygens (including phenoxy) is 1. The Hall–Kier alpha value is -2.12. The second-order valence-electron chi connectivity index (χ2n) is 5.44. The molecule has 1 aromatic rings. The number of carbonyl (C=O) groups is 2. The molecule has 1 fully saturated rings. The van der Waals surface area contributed by atoms with E-state index >= 15 is 0 Å². The molecule has 0 spiro atoms. The van der Waals surface area contributed by atoms with Crippen molar-refractivity contribution in [3.05, 3.63) is 30.3 Å². The Morgan fingerprint density at radius 1 is 1.04 bits per heavy atom. The molecule has 0 saturated carbocycles. The summed E-state index contributed by atoms with van der Waals surface area (Å²) in [6.45, 7) is 4.39. The number of carbonyl (C=O) groups excluding carboxylic acids is 2. The molecule has 1 aromatic carbocycles. The van der Waals surface area contributed by atoms with Crippen LogP contribution in [0.3, 0.4) is 0 Å². The second kappa shape index (κ2) is 9.12. The highest BCUT2D eigenvalue weighted by molar-refractivity contribution is 5.82. The number of hydrogen-bond donors (Lipinski definition) is 2. The van der Waals surface area contributed by atoms with Crippen LogP contribution in [0.1, 0.15) is 6.42 Å². The van der Waals surface area contributed by atoms with Crippen LogP contribution in [0.4, 0.5) is 5.69 Å². The van der Waals surface area contributed by atoms with E-state index in [1.807, 2.05) is 18.2 Å². The Bertz CT molecular complexity index is 501. The van der Waals surface area contributed by atoms with Crippen LogP contribution in [0, 0.1) is 0 Å². The lowest BCUT2D eigenvalue weighted by molar-refractivity contribution is -0.131. The number of methoxy groups -OCH3 is 1. The van der Waals surface area contributed by atoms with Crippen molar-refractivity contribution in [1.82, 2.24) is 15.8 Å². The molecule has 23 heavy (non-hydrogen) atoms. The Morgan fingerprint density at radius 3 is 2.35 bits per heavy atom. The molecular weight excluding hydrogens is 296 g/mol. The number of amides is 2. The molecular formula is C16H24N4O3. The molecule has 0 aliphatic carbocycles. The van der Waals surface area contributed by atoms with Crippen molar-refractivity contribution in [1.29, 1.82) is 0 Å². The van der Waals surface area contributed by atoms with Gasteiger partial charge in [-0.1, -0.05) is 18.2 Å². The first-order valence-corrected chi connectivity index (χ1v) is 7.78. The zero-order chi connectivity index (χ0) is 16.5. The summed E-state index contributed by atoms with van der Waals surface area (Å²) in [4.78, 5) is 27.4. The molecule has 2 rings (SSSR count). The smallest absolute Gasteiger partial charge is 0.264 e. The van der Waals surface area contributed by atoms with E-state index in [0.717, 1.165) is 26.2 Å². The normalized spacial score (nSPS) is 15.3. The summed E-state index contributed by atoms with van der Waals surface area (Å²) in [6.07, 6.45) is 0.360. The van der Waals surface area contributed by atoms with E-state index < -0.39 is 0 Å². The highest BCUT2D eigenvalue weighted by atomic mass is 16.5. The molecule has 0 bridgehead atoms. The van der Waals surface area contributed by atoms with Crippen LogP contribution < -0.4 is 15.8 Å². The molecule has 1 aliphatic heterocycles. The quantitative estimate of drug-likeness (QED) is 0.722. The number of nitrogens with one attached hydrogen (secondary N) is 2. The van der Waals surface area contributed by atoms with Gasteiger partial charge in [0.2, 0.25) is 5.91 Å². The van der Waals surface area contributed by atoms with Crippen molar-refractivity contribution in [2.24, 2.45) is 0 Å². The summed E-state index contributed by atoms with van der Waals surface area (Å²) < 4.78 is 4.66. The van der Waals surface area contributed by atoms with Gasteiger partial charge in [0.15, 0.2) is 0 Å². The molecule has 1 saturated heterocycles. The van der Waals surface area contributed by atoms with Crippen LogP contribution in [-0.2, 0) is 14.3 Å². The summed E-state index contributed by atoms with van der Waals surface area (Å²) in [5.41, 5.74) is 5.94. The van der Waals surface area contributed by atoms with Gasteiger partial charge in [-0.05, 0) is 12.1 Å². The average molecular weight is 320 g/mol. The highest BCUT2D eigenvalue weighted by Gasteiger charge is 2.17. The van der Waals surface area contributed by atoms with Gasteiger partial charge in [-0.15, -0.1) is 0 Å². The van der Waals surface area contributed by atoms with Crippen molar-refractivity contribution >= 4 is 17.5 Å². The number of anilines is 1. The number of para-hydroxylation sites is 1. The zero-order valence-electron chi connectivity index (χ0n) is 13.5. The van der Waals surface area contributed by atoms with Crippen molar-refractivity contribution in [3.8, 4) is 0 Å². The topological polar surface area (TPSA) is 73.9 Å². The van der Waals surface area contributed by atoms with Crippen molar-refractivity contribution in [3.63, 3.8) is 0 Å². The van der Waals surface area contributed by atoms with Gasteiger partial charge in [-0.25, -0.2) is 0 Å². The standard InChI is InChI=1S/C16H24N4O3/c1-23-13-16(22)18-17-15(21)7-8-19-9-11-20(12-10-19)14-5-3-2-4-6-14/h2-6H,7-13H2,1H3,(H,17,21)(H,18,22). The van der Waals surface area contributed by atoms with Gasteiger partial charge in [-0.3, -0.25) is 25.3 Å². The van der Waals surface area contributed by atoms with Gasteiger partial charge < -0.3 is 9.64 Å². The number of hydrogen-bond acceptors (Lipinski definition) is 5. The van der Waals surface area contributed by atoms with E-state index in [0.29, 0.717) is 13.0 Å². The summed E-state index contributed by atoms with van der Waals surface area (Å²) in [5, 5.41) is 0. The first-order chi connectivity index (χ1) is 11.2. The van der Waals surface area contributed by atoms with Crippen LogP contribution in [0.15, 0.2) is 30.3 Å². The number of nitrogens with zero attached hydrogens (tertiary/aromatic N) is 2. The fourth-order valence-corrected chi connectivity index (χ4v) is 2.50. The van der Waals surface area contributed by atoms with Crippen LogP contribution in [-0.4, -0.2) is 63.2 Å². The van der Waals surface area contributed by atoms with Gasteiger partial charge in [-0.2, -0.15) is 0 Å². The lowest BCUT2D eigenvalue weighted by Gasteiger charge is -2.36. The van der Waals surface area contributed by atoms with Gasteiger partial charge in [0.25, 0.3) is 5.91 Å². The van der Waals surface area contributed by atoms with Crippen LogP contribution >= 0.6 is 0 Å². The molecule has 0 atom stereocenters. The van der Waals surface area contributed by atoms with Crippen molar-refractivity contribution in [2.75, 3.05) is 51.3 Å². The first-order valence-electron chi connectivity index (χ1n) is 7.78. The summed E-state index contributed by atoms with van der Waals surface area (Å²) in [5.74, 6) is -0.558. The predicted octanol–water partition coefficient (Wildman–Crippen LogP) is -0.00750. The zero-order valence-corrected chi connectivity index (χ0v) is 13.5. The monoisotopic (exact) mass is 320 g/mol. The molecule has 126 valence electrons. The van der Waals surface area contributed by atoms with E-state index in [2.05, 4.69) is 37.5 Å². The number of benzene rings is 1. The van der Waals surface area contributed by atoms with Gasteiger partial charge >= 0.3 is 0 Å². The van der Waals surface area contributed by atoms with E-state index in [9.17, 15) is 9.59 Å². The highest BCUT2D eigenvalue weighted by Crippen LogP contribution is 2.15. The van der Waals surface area contributed by atoms with E-state index in [4.69, 9.17) is 0 Å². The molecule has 0 unspecified atom stereocenters. The molecule has 0 radical (unpaired) electrons. The molecule has 1 heterocycles. The molecule has 7 nitrogen and oxygen atoms in total. The lowest BCUT2D eigenvalue weighted by atomic mass is 10.2. The van der Waals surface area contributed by atoms with Crippen LogP contribution in [0.5, 0.6) is 0 Å². The van der Waals surface area contributed by atoms with Gasteiger partial charge in [0.05, 0.1) is 0 Å². The minimum atomic E-state index is -0.364. The third-order valence-electron chi connectivity index (χ3n) is 3.77. The Kier molecular flexibility index (Phi) is 6.83. The first kappa shape index (κ1) is 17.2. The fraction of sp³-hybridized carbons (Fsp3) is 0.500. The van der Waals surface area contributed by atoms with Crippen molar-refractivity contribution in [2.45, 2.75) is 6.42 Å². The largest absolute Gasteiger partial charge is 0.375 e. The maximum atomic E-state index is 11.7. The van der Waals surface area contributed by atoms with Crippen LogP contribution in [0.25, 0.3) is 0 Å². The maximum Gasteiger partial charge on any atom is 0.264 e. The van der Waals surface area contributed by atoms with Crippen LogP contribution in [0.2, 0.25) is 0 Å².